The molecule has 0 amide bonds. The SMILES string of the molecule is CC1(C)OB(c2ccc3c(c2)C2(C4=CCCC(C#N)=C43)c3ccccc3Oc3ccccc32)OC1(C)C. The molecule has 0 unspecified atom stereocenters. The molecule has 0 atom stereocenters. The van der Waals surface area contributed by atoms with Crippen molar-refractivity contribution in [1.29, 1.82) is 5.26 Å². The van der Waals surface area contributed by atoms with Gasteiger partial charge in [-0.15, -0.1) is 0 Å². The number of allylic oxidation sites excluding steroid dienone is 4. The first-order valence-electron chi connectivity index (χ1n) is 13.0. The molecule has 1 spiro atoms. The van der Waals surface area contributed by atoms with Gasteiger partial charge in [-0.2, -0.15) is 5.26 Å². The Morgan fingerprint density at radius 3 is 2.05 bits per heavy atom. The number of ether oxygens (including phenoxy) is 1. The van der Waals surface area contributed by atoms with Gasteiger partial charge < -0.3 is 14.0 Å². The molecular weight excluding hydrogens is 457 g/mol. The van der Waals surface area contributed by atoms with E-state index in [1.807, 2.05) is 24.3 Å². The van der Waals surface area contributed by atoms with E-state index >= 15 is 0 Å². The zero-order valence-corrected chi connectivity index (χ0v) is 21.6. The van der Waals surface area contributed by atoms with Crippen LogP contribution < -0.4 is 10.2 Å². The number of para-hydroxylation sites is 2. The summed E-state index contributed by atoms with van der Waals surface area (Å²) in [4.78, 5) is 0. The summed E-state index contributed by atoms with van der Waals surface area (Å²) in [6, 6.07) is 25.7. The molecular formula is C32H28BNO3. The fraction of sp³-hybridized carbons (Fsp3) is 0.281. The molecule has 3 aromatic rings. The predicted octanol–water partition coefficient (Wildman–Crippen LogP) is 6.44. The maximum atomic E-state index is 10.2. The van der Waals surface area contributed by atoms with Crippen LogP contribution in [0.15, 0.2) is 84.0 Å². The molecule has 0 aromatic heterocycles. The molecule has 5 heteroatoms. The van der Waals surface area contributed by atoms with Gasteiger partial charge >= 0.3 is 7.12 Å². The van der Waals surface area contributed by atoms with E-state index in [9.17, 15) is 5.26 Å². The molecule has 0 radical (unpaired) electrons. The molecule has 2 aliphatic carbocycles. The van der Waals surface area contributed by atoms with Crippen molar-refractivity contribution in [3.8, 4) is 17.6 Å². The summed E-state index contributed by atoms with van der Waals surface area (Å²) in [6.45, 7) is 8.32. The lowest BCUT2D eigenvalue weighted by molar-refractivity contribution is 0.00578. The van der Waals surface area contributed by atoms with Crippen LogP contribution in [0.4, 0.5) is 0 Å². The molecule has 1 saturated heterocycles. The number of rotatable bonds is 1. The number of hydrogen-bond donors (Lipinski definition) is 0. The number of nitrogens with zero attached hydrogens (tertiary/aromatic N) is 1. The molecule has 2 heterocycles. The lowest BCUT2D eigenvalue weighted by Crippen LogP contribution is -2.41. The van der Waals surface area contributed by atoms with Gasteiger partial charge in [-0.05, 0) is 74.8 Å². The highest BCUT2D eigenvalue weighted by molar-refractivity contribution is 6.62. The zero-order chi connectivity index (χ0) is 25.6. The van der Waals surface area contributed by atoms with E-state index < -0.39 is 23.7 Å². The topological polar surface area (TPSA) is 51.5 Å². The number of nitriles is 1. The van der Waals surface area contributed by atoms with Crippen LogP contribution in [-0.2, 0) is 14.7 Å². The second-order valence-electron chi connectivity index (χ2n) is 11.4. The van der Waals surface area contributed by atoms with Gasteiger partial charge in [0.2, 0.25) is 0 Å². The summed E-state index contributed by atoms with van der Waals surface area (Å²) in [6.07, 6.45) is 3.93. The average Bonchev–Trinajstić information content (AvgIpc) is 3.31. The van der Waals surface area contributed by atoms with Crippen molar-refractivity contribution in [2.75, 3.05) is 0 Å². The highest BCUT2D eigenvalue weighted by Gasteiger charge is 2.56. The molecule has 0 saturated carbocycles. The van der Waals surface area contributed by atoms with E-state index in [1.165, 1.54) is 5.57 Å². The smallest absolute Gasteiger partial charge is 0.457 e. The highest BCUT2D eigenvalue weighted by atomic mass is 16.7. The van der Waals surface area contributed by atoms with Crippen LogP contribution in [-0.4, -0.2) is 18.3 Å². The average molecular weight is 485 g/mol. The van der Waals surface area contributed by atoms with Crippen molar-refractivity contribution in [1.82, 2.24) is 0 Å². The van der Waals surface area contributed by atoms with Gasteiger partial charge in [-0.1, -0.05) is 60.7 Å². The van der Waals surface area contributed by atoms with E-state index in [0.29, 0.717) is 0 Å². The fourth-order valence-corrected chi connectivity index (χ4v) is 6.45. The Bertz CT molecular complexity index is 1530. The van der Waals surface area contributed by atoms with Crippen LogP contribution in [0.25, 0.3) is 5.57 Å². The van der Waals surface area contributed by atoms with E-state index in [-0.39, 0.29) is 0 Å². The minimum absolute atomic E-state index is 0.431. The molecule has 4 nitrogen and oxygen atoms in total. The van der Waals surface area contributed by atoms with Gasteiger partial charge in [0.25, 0.3) is 0 Å². The normalized spacial score (nSPS) is 21.4. The largest absolute Gasteiger partial charge is 0.494 e. The van der Waals surface area contributed by atoms with Crippen molar-refractivity contribution in [2.24, 2.45) is 0 Å². The Morgan fingerprint density at radius 1 is 0.811 bits per heavy atom. The van der Waals surface area contributed by atoms with Gasteiger partial charge in [0, 0.05) is 22.3 Å². The third-order valence-corrected chi connectivity index (χ3v) is 8.90. The molecule has 3 aromatic carbocycles. The van der Waals surface area contributed by atoms with E-state index in [1.54, 1.807) is 0 Å². The summed E-state index contributed by atoms with van der Waals surface area (Å²) in [5.41, 5.74) is 7.08. The lowest BCUT2D eigenvalue weighted by atomic mass is 9.64. The van der Waals surface area contributed by atoms with Gasteiger partial charge in [0.1, 0.15) is 11.5 Å². The first-order valence-corrected chi connectivity index (χ1v) is 13.0. The monoisotopic (exact) mass is 485 g/mol. The van der Waals surface area contributed by atoms with Crippen LogP contribution in [0.1, 0.15) is 62.8 Å². The second-order valence-corrected chi connectivity index (χ2v) is 11.4. The Hall–Kier alpha value is -3.59. The Labute approximate surface area is 218 Å². The van der Waals surface area contributed by atoms with Crippen molar-refractivity contribution >= 4 is 18.2 Å². The maximum absolute atomic E-state index is 10.2. The Kier molecular flexibility index (Phi) is 4.57. The summed E-state index contributed by atoms with van der Waals surface area (Å²) in [7, 11) is -0.473. The molecule has 4 aliphatic rings. The summed E-state index contributed by atoms with van der Waals surface area (Å²) >= 11 is 0. The fourth-order valence-electron chi connectivity index (χ4n) is 6.45. The van der Waals surface area contributed by atoms with E-state index in [0.717, 1.165) is 63.2 Å². The molecule has 2 aliphatic heterocycles. The minimum Gasteiger partial charge on any atom is -0.457 e. The number of fused-ring (bicyclic) bond motifs is 9. The van der Waals surface area contributed by atoms with Crippen LogP contribution >= 0.6 is 0 Å². The van der Waals surface area contributed by atoms with Crippen LogP contribution in [0, 0.1) is 11.3 Å². The maximum Gasteiger partial charge on any atom is 0.494 e. The van der Waals surface area contributed by atoms with Crippen molar-refractivity contribution < 1.29 is 14.0 Å². The van der Waals surface area contributed by atoms with Crippen LogP contribution in [0.3, 0.4) is 0 Å². The standard InChI is InChI=1S/C32H28BNO3/c1-30(2)31(3,4)37-33(36-30)21-16-17-22-26(18-21)32(25-13-9-10-20(19-34)29(22)25)23-11-5-7-14-27(23)35-28-15-8-6-12-24(28)32/h5-8,11-18H,9-10H2,1-4H3. The number of hydrogen-bond acceptors (Lipinski definition) is 4. The van der Waals surface area contributed by atoms with Gasteiger partial charge in [-0.3, -0.25) is 0 Å². The molecule has 0 bridgehead atoms. The lowest BCUT2D eigenvalue weighted by Gasteiger charge is -2.40. The predicted molar refractivity (Wildman–Crippen MR) is 145 cm³/mol. The summed E-state index contributed by atoms with van der Waals surface area (Å²) < 4.78 is 19.4. The van der Waals surface area contributed by atoms with Crippen LogP contribution in [0.5, 0.6) is 11.5 Å². The molecule has 1 fully saturated rings. The quantitative estimate of drug-likeness (QED) is 0.373. The first-order chi connectivity index (χ1) is 17.8. The van der Waals surface area contributed by atoms with E-state index in [2.05, 4.69) is 82.3 Å². The molecule has 182 valence electrons. The van der Waals surface area contributed by atoms with E-state index in [4.69, 9.17) is 14.0 Å². The summed E-state index contributed by atoms with van der Waals surface area (Å²) in [5.74, 6) is 1.69. The Balaban J connectivity index is 1.56. The second kappa shape index (κ2) is 7.48. The van der Waals surface area contributed by atoms with Gasteiger partial charge in [0.05, 0.1) is 22.7 Å². The van der Waals surface area contributed by atoms with Gasteiger partial charge in [-0.25, -0.2) is 0 Å². The van der Waals surface area contributed by atoms with Gasteiger partial charge in [0.15, 0.2) is 0 Å². The Morgan fingerprint density at radius 2 is 1.43 bits per heavy atom. The third-order valence-electron chi connectivity index (χ3n) is 8.90. The molecule has 37 heavy (non-hydrogen) atoms. The molecule has 0 N–H and O–H groups in total. The van der Waals surface area contributed by atoms with Crippen molar-refractivity contribution in [3.05, 3.63) is 106 Å². The van der Waals surface area contributed by atoms with Crippen LogP contribution in [0.2, 0.25) is 0 Å². The molecule has 7 rings (SSSR count). The third kappa shape index (κ3) is 2.86. The van der Waals surface area contributed by atoms with Crippen molar-refractivity contribution in [3.63, 3.8) is 0 Å². The number of benzene rings is 3. The van der Waals surface area contributed by atoms with Crippen molar-refractivity contribution in [2.45, 2.75) is 57.2 Å². The highest BCUT2D eigenvalue weighted by Crippen LogP contribution is 2.64. The minimum atomic E-state index is -0.585. The zero-order valence-electron chi connectivity index (χ0n) is 21.6. The first kappa shape index (κ1) is 22.6. The summed E-state index contributed by atoms with van der Waals surface area (Å²) in [5, 5.41) is 10.2.